The fourth-order valence-electron chi connectivity index (χ4n) is 1.12. The van der Waals surface area contributed by atoms with Crippen LogP contribution in [0, 0.1) is 10.1 Å². The molecule has 2 aromatic heterocycles. The molecule has 0 aromatic carbocycles. The lowest BCUT2D eigenvalue weighted by atomic mass is 10.3. The highest BCUT2D eigenvalue weighted by molar-refractivity contribution is 5.62. The summed E-state index contributed by atoms with van der Waals surface area (Å²) in [4.78, 5) is 20.3. The molecular formula is C8H6N4O2. The summed E-state index contributed by atoms with van der Waals surface area (Å²) in [6.07, 6.45) is 2.84. The second kappa shape index (κ2) is 3.25. The van der Waals surface area contributed by atoms with Gasteiger partial charge in [-0.3, -0.25) is 4.98 Å². The third-order valence-corrected chi connectivity index (χ3v) is 1.71. The zero-order valence-electron chi connectivity index (χ0n) is 7.04. The number of imidazole rings is 1. The molecule has 0 aliphatic heterocycles. The number of H-pyrrole nitrogens is 1. The molecule has 2 aromatic rings. The maximum atomic E-state index is 10.6. The number of pyridine rings is 1. The van der Waals surface area contributed by atoms with E-state index in [1.807, 2.05) is 0 Å². The minimum atomic E-state index is -0.517. The normalized spacial score (nSPS) is 10.0. The molecule has 0 saturated heterocycles. The molecule has 14 heavy (non-hydrogen) atoms. The first-order chi connectivity index (χ1) is 6.79. The molecule has 0 bridgehead atoms. The van der Waals surface area contributed by atoms with E-state index < -0.39 is 4.92 Å². The zero-order valence-corrected chi connectivity index (χ0v) is 7.04. The van der Waals surface area contributed by atoms with Gasteiger partial charge in [0.05, 0.1) is 5.69 Å². The summed E-state index contributed by atoms with van der Waals surface area (Å²) < 4.78 is 0. The summed E-state index contributed by atoms with van der Waals surface area (Å²) in [7, 11) is 0. The molecule has 6 heteroatoms. The lowest BCUT2D eigenvalue weighted by Crippen LogP contribution is -1.92. The van der Waals surface area contributed by atoms with Gasteiger partial charge in [0.2, 0.25) is 0 Å². The maximum absolute atomic E-state index is 10.6. The molecule has 0 aliphatic carbocycles. The summed E-state index contributed by atoms with van der Waals surface area (Å²) in [6, 6.07) is 5.16. The van der Waals surface area contributed by atoms with E-state index in [-0.39, 0.29) is 11.5 Å². The maximum Gasteiger partial charge on any atom is 0.350 e. The third kappa shape index (κ3) is 1.33. The quantitative estimate of drug-likeness (QED) is 0.572. The molecule has 0 spiro atoms. The van der Waals surface area contributed by atoms with Crippen LogP contribution in [0.1, 0.15) is 0 Å². The Labute approximate surface area is 78.8 Å². The number of aromatic amines is 1. The molecule has 0 radical (unpaired) electrons. The van der Waals surface area contributed by atoms with Crippen LogP contribution in [-0.2, 0) is 0 Å². The zero-order chi connectivity index (χ0) is 9.97. The average molecular weight is 190 g/mol. The van der Waals surface area contributed by atoms with Crippen LogP contribution in [0.2, 0.25) is 0 Å². The topological polar surface area (TPSA) is 84.7 Å². The molecule has 0 unspecified atom stereocenters. The summed E-state index contributed by atoms with van der Waals surface area (Å²) in [5.74, 6) is -0.135. The van der Waals surface area contributed by atoms with Crippen LogP contribution in [0.4, 0.5) is 5.82 Å². The van der Waals surface area contributed by atoms with Crippen molar-refractivity contribution >= 4 is 5.82 Å². The Hall–Kier alpha value is -2.24. The molecule has 0 saturated carbocycles. The molecule has 0 amide bonds. The minimum absolute atomic E-state index is 0.135. The highest BCUT2D eigenvalue weighted by Gasteiger charge is 2.17. The number of rotatable bonds is 2. The van der Waals surface area contributed by atoms with Gasteiger partial charge in [0.1, 0.15) is 0 Å². The lowest BCUT2D eigenvalue weighted by Gasteiger charge is -1.95. The predicted octanol–water partition coefficient (Wildman–Crippen LogP) is 1.38. The van der Waals surface area contributed by atoms with Crippen molar-refractivity contribution in [2.24, 2.45) is 0 Å². The average Bonchev–Trinajstić information content (AvgIpc) is 2.67. The van der Waals surface area contributed by atoms with Crippen molar-refractivity contribution in [3.63, 3.8) is 0 Å². The third-order valence-electron chi connectivity index (χ3n) is 1.71. The van der Waals surface area contributed by atoms with Crippen molar-refractivity contribution < 1.29 is 4.92 Å². The Bertz CT molecular complexity index is 451. The first-order valence-electron chi connectivity index (χ1n) is 3.88. The van der Waals surface area contributed by atoms with Gasteiger partial charge >= 0.3 is 5.82 Å². The van der Waals surface area contributed by atoms with Crippen LogP contribution in [-0.4, -0.2) is 19.9 Å². The van der Waals surface area contributed by atoms with Crippen LogP contribution in [0.25, 0.3) is 11.4 Å². The molecular weight excluding hydrogens is 184 g/mol. The molecule has 6 nitrogen and oxygen atoms in total. The number of nitrogens with zero attached hydrogens (tertiary/aromatic N) is 3. The van der Waals surface area contributed by atoms with E-state index in [4.69, 9.17) is 0 Å². The molecule has 0 fully saturated rings. The van der Waals surface area contributed by atoms with Crippen LogP contribution >= 0.6 is 0 Å². The van der Waals surface area contributed by atoms with Crippen molar-refractivity contribution in [2.45, 2.75) is 0 Å². The van der Waals surface area contributed by atoms with Gasteiger partial charge in [0.15, 0.2) is 12.0 Å². The smallest absolute Gasteiger partial charge is 0.350 e. The number of nitro groups is 1. The van der Waals surface area contributed by atoms with Crippen LogP contribution < -0.4 is 0 Å². The first-order valence-corrected chi connectivity index (χ1v) is 3.88. The number of hydrogen-bond donors (Lipinski definition) is 1. The summed E-state index contributed by atoms with van der Waals surface area (Å²) in [6.45, 7) is 0. The van der Waals surface area contributed by atoms with Crippen molar-refractivity contribution in [2.75, 3.05) is 0 Å². The van der Waals surface area contributed by atoms with Gasteiger partial charge in [0, 0.05) is 6.20 Å². The standard InChI is InChI=1S/C8H6N4O2/c13-12(14)8-7(10-5-11-8)6-3-1-2-4-9-6/h1-5H,(H,10,11). The second-order valence-corrected chi connectivity index (χ2v) is 2.57. The fourth-order valence-corrected chi connectivity index (χ4v) is 1.12. The fraction of sp³-hybridized carbons (Fsp3) is 0. The van der Waals surface area contributed by atoms with Crippen molar-refractivity contribution in [1.29, 1.82) is 0 Å². The second-order valence-electron chi connectivity index (χ2n) is 2.57. The van der Waals surface area contributed by atoms with Crippen molar-refractivity contribution in [3.8, 4) is 11.4 Å². The van der Waals surface area contributed by atoms with Gasteiger partial charge in [0.25, 0.3) is 0 Å². The van der Waals surface area contributed by atoms with Crippen LogP contribution in [0.15, 0.2) is 30.7 Å². The molecule has 2 heterocycles. The predicted molar refractivity (Wildman–Crippen MR) is 48.5 cm³/mol. The minimum Gasteiger partial charge on any atom is -0.358 e. The van der Waals surface area contributed by atoms with E-state index >= 15 is 0 Å². The Morgan fingerprint density at radius 3 is 2.86 bits per heavy atom. The van der Waals surface area contributed by atoms with Gasteiger partial charge < -0.3 is 10.1 Å². The van der Waals surface area contributed by atoms with E-state index in [0.29, 0.717) is 5.69 Å². The summed E-state index contributed by atoms with van der Waals surface area (Å²) >= 11 is 0. The van der Waals surface area contributed by atoms with Crippen molar-refractivity contribution in [1.82, 2.24) is 15.0 Å². The van der Waals surface area contributed by atoms with Gasteiger partial charge in [-0.1, -0.05) is 6.07 Å². The van der Waals surface area contributed by atoms with Gasteiger partial charge in [-0.2, -0.15) is 0 Å². The summed E-state index contributed by atoms with van der Waals surface area (Å²) in [5.41, 5.74) is 0.746. The van der Waals surface area contributed by atoms with Crippen LogP contribution in [0.3, 0.4) is 0 Å². The van der Waals surface area contributed by atoms with E-state index in [2.05, 4.69) is 15.0 Å². The van der Waals surface area contributed by atoms with E-state index in [0.717, 1.165) is 0 Å². The monoisotopic (exact) mass is 190 g/mol. The molecule has 0 atom stereocenters. The van der Waals surface area contributed by atoms with E-state index in [9.17, 15) is 10.1 Å². The Morgan fingerprint density at radius 1 is 1.36 bits per heavy atom. The van der Waals surface area contributed by atoms with Gasteiger partial charge in [-0.25, -0.2) is 9.97 Å². The van der Waals surface area contributed by atoms with Crippen LogP contribution in [0.5, 0.6) is 0 Å². The highest BCUT2D eigenvalue weighted by atomic mass is 16.6. The SMILES string of the molecule is O=[N+]([O-])c1[nH]cnc1-c1ccccn1. The van der Waals surface area contributed by atoms with E-state index in [1.165, 1.54) is 6.33 Å². The highest BCUT2D eigenvalue weighted by Crippen LogP contribution is 2.23. The Morgan fingerprint density at radius 2 is 2.21 bits per heavy atom. The van der Waals surface area contributed by atoms with Gasteiger partial charge in [-0.05, 0) is 17.1 Å². The summed E-state index contributed by atoms with van der Waals surface area (Å²) in [5, 5.41) is 10.6. The van der Waals surface area contributed by atoms with Crippen molar-refractivity contribution in [3.05, 3.63) is 40.8 Å². The molecule has 1 N–H and O–H groups in total. The van der Waals surface area contributed by atoms with Gasteiger partial charge in [-0.15, -0.1) is 0 Å². The molecule has 70 valence electrons. The molecule has 0 aliphatic rings. The Kier molecular flexibility index (Phi) is 1.94. The first kappa shape index (κ1) is 8.36. The molecule has 2 rings (SSSR count). The lowest BCUT2D eigenvalue weighted by molar-refractivity contribution is -0.388. The Balaban J connectivity index is 2.52. The largest absolute Gasteiger partial charge is 0.358 e. The number of aromatic nitrogens is 3. The number of nitrogens with one attached hydrogen (secondary N) is 1. The number of hydrogen-bond acceptors (Lipinski definition) is 4. The van der Waals surface area contributed by atoms with E-state index in [1.54, 1.807) is 24.4 Å².